The van der Waals surface area contributed by atoms with Crippen molar-refractivity contribution in [3.05, 3.63) is 71.5 Å². The van der Waals surface area contributed by atoms with Crippen LogP contribution in [0.1, 0.15) is 29.7 Å². The van der Waals surface area contributed by atoms with Crippen molar-refractivity contribution in [2.75, 3.05) is 0 Å². The van der Waals surface area contributed by atoms with Gasteiger partial charge in [-0.25, -0.2) is 4.39 Å². The van der Waals surface area contributed by atoms with Crippen LogP contribution in [0.25, 0.3) is 0 Å². The summed E-state index contributed by atoms with van der Waals surface area (Å²) in [5, 5.41) is 0.195. The molecule has 0 aliphatic heterocycles. The van der Waals surface area contributed by atoms with Crippen LogP contribution in [0.5, 0.6) is 0 Å². The third-order valence-corrected chi connectivity index (χ3v) is 4.81. The molecule has 3 heteroatoms. The molecule has 2 rings (SSSR count). The van der Waals surface area contributed by atoms with Crippen LogP contribution < -0.4 is 5.73 Å². The number of hydrogen-bond donors (Lipinski definition) is 1. The lowest BCUT2D eigenvalue weighted by Gasteiger charge is -2.23. The molecular weight excluding hydrogens is 269 g/mol. The molecule has 0 aliphatic carbocycles. The summed E-state index contributed by atoms with van der Waals surface area (Å²) in [6.45, 7) is 2.09. The van der Waals surface area contributed by atoms with Gasteiger partial charge in [0.2, 0.25) is 0 Å². The zero-order valence-corrected chi connectivity index (χ0v) is 12.4. The molecule has 1 nitrogen and oxygen atoms in total. The summed E-state index contributed by atoms with van der Waals surface area (Å²) in [6.07, 6.45) is 0.907. The highest BCUT2D eigenvalue weighted by Gasteiger charge is 2.19. The van der Waals surface area contributed by atoms with E-state index < -0.39 is 0 Å². The van der Waals surface area contributed by atoms with Crippen molar-refractivity contribution < 1.29 is 4.39 Å². The van der Waals surface area contributed by atoms with E-state index in [0.29, 0.717) is 0 Å². The van der Waals surface area contributed by atoms with E-state index >= 15 is 0 Å². The van der Waals surface area contributed by atoms with Crippen molar-refractivity contribution in [2.24, 2.45) is 5.73 Å². The Hall–Kier alpha value is -1.32. The van der Waals surface area contributed by atoms with Crippen molar-refractivity contribution in [2.45, 2.75) is 30.4 Å². The second-order valence-corrected chi connectivity index (χ2v) is 5.97. The molecule has 0 aliphatic rings. The molecule has 0 saturated heterocycles. The van der Waals surface area contributed by atoms with Gasteiger partial charge >= 0.3 is 0 Å². The Kier molecular flexibility index (Phi) is 5.62. The smallest absolute Gasteiger partial charge is 0.123 e. The fourth-order valence-electron chi connectivity index (χ4n) is 2.09. The van der Waals surface area contributed by atoms with E-state index in [1.165, 1.54) is 17.7 Å². The van der Waals surface area contributed by atoms with E-state index in [9.17, 15) is 4.39 Å². The maximum atomic E-state index is 13.0. The molecule has 0 spiro atoms. The van der Waals surface area contributed by atoms with Crippen molar-refractivity contribution in [3.8, 4) is 0 Å². The maximum Gasteiger partial charge on any atom is 0.123 e. The van der Waals surface area contributed by atoms with Gasteiger partial charge in [0.15, 0.2) is 0 Å². The van der Waals surface area contributed by atoms with E-state index in [-0.39, 0.29) is 17.1 Å². The Morgan fingerprint density at radius 3 is 2.30 bits per heavy atom. The normalized spacial score (nSPS) is 13.9. The van der Waals surface area contributed by atoms with Crippen LogP contribution >= 0.6 is 11.8 Å². The van der Waals surface area contributed by atoms with Crippen molar-refractivity contribution in [1.29, 1.82) is 0 Å². The molecule has 2 aromatic carbocycles. The molecular formula is C17H20FNS. The van der Waals surface area contributed by atoms with Gasteiger partial charge in [-0.3, -0.25) is 0 Å². The Balaban J connectivity index is 2.10. The van der Waals surface area contributed by atoms with Gasteiger partial charge in [0.1, 0.15) is 5.82 Å². The second kappa shape index (κ2) is 7.46. The predicted molar refractivity (Wildman–Crippen MR) is 85.1 cm³/mol. The first-order chi connectivity index (χ1) is 9.70. The molecule has 2 unspecified atom stereocenters. The van der Waals surface area contributed by atoms with Gasteiger partial charge in [-0.2, -0.15) is 0 Å². The molecule has 106 valence electrons. The molecule has 0 bridgehead atoms. The van der Waals surface area contributed by atoms with Crippen LogP contribution in [0, 0.1) is 5.82 Å². The molecule has 2 aromatic rings. The van der Waals surface area contributed by atoms with Crippen LogP contribution in [0.15, 0.2) is 54.6 Å². The second-order valence-electron chi connectivity index (χ2n) is 4.84. The lowest BCUT2D eigenvalue weighted by molar-refractivity contribution is 0.617. The summed E-state index contributed by atoms with van der Waals surface area (Å²) >= 11 is 1.82. The molecule has 2 atom stereocenters. The monoisotopic (exact) mass is 289 g/mol. The van der Waals surface area contributed by atoms with E-state index in [2.05, 4.69) is 19.1 Å². The third kappa shape index (κ3) is 4.09. The number of halogens is 1. The van der Waals surface area contributed by atoms with Crippen molar-refractivity contribution in [1.82, 2.24) is 0 Å². The van der Waals surface area contributed by atoms with Gasteiger partial charge in [-0.1, -0.05) is 49.4 Å². The van der Waals surface area contributed by atoms with Crippen LogP contribution in [0.2, 0.25) is 0 Å². The molecule has 0 aromatic heterocycles. The van der Waals surface area contributed by atoms with Crippen LogP contribution in [-0.4, -0.2) is 6.04 Å². The summed E-state index contributed by atoms with van der Waals surface area (Å²) in [4.78, 5) is 0. The summed E-state index contributed by atoms with van der Waals surface area (Å²) in [7, 11) is 0. The van der Waals surface area contributed by atoms with Crippen molar-refractivity contribution >= 4 is 11.8 Å². The van der Waals surface area contributed by atoms with E-state index in [0.717, 1.165) is 17.7 Å². The van der Waals surface area contributed by atoms with Crippen LogP contribution in [0.3, 0.4) is 0 Å². The quantitative estimate of drug-likeness (QED) is 0.845. The average molecular weight is 289 g/mol. The first kappa shape index (κ1) is 15.1. The topological polar surface area (TPSA) is 26.0 Å². The largest absolute Gasteiger partial charge is 0.326 e. The van der Waals surface area contributed by atoms with Gasteiger partial charge in [0.05, 0.1) is 0 Å². The highest BCUT2D eigenvalue weighted by Crippen LogP contribution is 2.34. The van der Waals surface area contributed by atoms with Crippen LogP contribution in [0.4, 0.5) is 4.39 Å². The Morgan fingerprint density at radius 1 is 1.05 bits per heavy atom. The standard InChI is InChI=1S/C17H20FNS/c1-2-16(19)17(14-8-10-15(18)11-9-14)20-12-13-6-4-3-5-7-13/h3-11,16-17H,2,12,19H2,1H3. The molecule has 20 heavy (non-hydrogen) atoms. The maximum absolute atomic E-state index is 13.0. The number of hydrogen-bond acceptors (Lipinski definition) is 2. The lowest BCUT2D eigenvalue weighted by atomic mass is 10.0. The Morgan fingerprint density at radius 2 is 1.70 bits per heavy atom. The van der Waals surface area contributed by atoms with E-state index in [1.807, 2.05) is 42.1 Å². The number of thioether (sulfide) groups is 1. The molecule has 0 amide bonds. The SMILES string of the molecule is CCC(N)C(SCc1ccccc1)c1ccc(F)cc1. The average Bonchev–Trinajstić information content (AvgIpc) is 2.50. The fourth-order valence-corrected chi connectivity index (χ4v) is 3.45. The highest BCUT2D eigenvalue weighted by molar-refractivity contribution is 7.98. The number of nitrogens with two attached hydrogens (primary N) is 1. The minimum atomic E-state index is -0.203. The van der Waals surface area contributed by atoms with Gasteiger partial charge < -0.3 is 5.73 Å². The Labute approximate surface area is 124 Å². The van der Waals surface area contributed by atoms with Crippen LogP contribution in [-0.2, 0) is 5.75 Å². The molecule has 0 saturated carbocycles. The first-order valence-corrected chi connectivity index (χ1v) is 7.92. The molecule has 0 radical (unpaired) electrons. The van der Waals surface area contributed by atoms with Gasteiger partial charge in [-0.15, -0.1) is 11.8 Å². The van der Waals surface area contributed by atoms with Gasteiger partial charge in [0.25, 0.3) is 0 Å². The van der Waals surface area contributed by atoms with E-state index in [4.69, 9.17) is 5.73 Å². The minimum Gasteiger partial charge on any atom is -0.326 e. The summed E-state index contributed by atoms with van der Waals surface area (Å²) in [5.74, 6) is 0.710. The summed E-state index contributed by atoms with van der Waals surface area (Å²) < 4.78 is 13.0. The Bertz CT molecular complexity index is 512. The molecule has 0 fully saturated rings. The third-order valence-electron chi connectivity index (χ3n) is 3.33. The zero-order valence-electron chi connectivity index (χ0n) is 11.6. The van der Waals surface area contributed by atoms with E-state index in [1.54, 1.807) is 0 Å². The first-order valence-electron chi connectivity index (χ1n) is 6.87. The number of rotatable bonds is 6. The lowest BCUT2D eigenvalue weighted by Crippen LogP contribution is -2.25. The van der Waals surface area contributed by atoms with Gasteiger partial charge in [-0.05, 0) is 29.7 Å². The number of benzene rings is 2. The fraction of sp³-hybridized carbons (Fsp3) is 0.294. The predicted octanol–water partition coefficient (Wildman–Crippen LogP) is 4.54. The summed E-state index contributed by atoms with van der Waals surface area (Å²) in [6, 6.07) is 17.1. The van der Waals surface area contributed by atoms with Gasteiger partial charge in [0, 0.05) is 17.0 Å². The zero-order chi connectivity index (χ0) is 14.4. The molecule has 0 heterocycles. The summed E-state index contributed by atoms with van der Waals surface area (Å²) in [5.41, 5.74) is 8.62. The molecule has 2 N–H and O–H groups in total. The van der Waals surface area contributed by atoms with Crippen molar-refractivity contribution in [3.63, 3.8) is 0 Å². The minimum absolute atomic E-state index is 0.0779. The highest BCUT2D eigenvalue weighted by atomic mass is 32.2.